The Morgan fingerprint density at radius 3 is 1.91 bits per heavy atom. The molecule has 0 amide bonds. The van der Waals surface area contributed by atoms with E-state index in [0.717, 1.165) is 19.4 Å². The van der Waals surface area contributed by atoms with Gasteiger partial charge in [-0.3, -0.25) is 0 Å². The number of benzene rings is 1. The van der Waals surface area contributed by atoms with Gasteiger partial charge in [-0.05, 0) is 63.5 Å². The Morgan fingerprint density at radius 2 is 1.43 bits per heavy atom. The van der Waals surface area contributed by atoms with Gasteiger partial charge in [-0.15, -0.1) is 0 Å². The summed E-state index contributed by atoms with van der Waals surface area (Å²) in [5, 5.41) is 0. The normalized spacial score (nSPS) is 20.1. The zero-order chi connectivity index (χ0) is 17.1. The summed E-state index contributed by atoms with van der Waals surface area (Å²) in [4.78, 5) is 21.3. The number of methoxy groups -OCH3 is 1. The van der Waals surface area contributed by atoms with Crippen molar-refractivity contribution in [3.63, 3.8) is 0 Å². The van der Waals surface area contributed by atoms with Crippen molar-refractivity contribution in [1.29, 1.82) is 0 Å². The topological polar surface area (TPSA) is 52.6 Å². The molecule has 0 aromatic heterocycles. The monoisotopic (exact) mass is 320 g/mol. The number of hydrogen-bond acceptors (Lipinski definition) is 4. The smallest absolute Gasteiger partial charge is 0.338 e. The third-order valence-corrected chi connectivity index (χ3v) is 3.83. The third kappa shape index (κ3) is 8.50. The van der Waals surface area contributed by atoms with Crippen LogP contribution in [0.4, 0.5) is 0 Å². The molecule has 4 heteroatoms. The Balaban J connectivity index is 0.000000593. The Hall–Kier alpha value is -1.68. The SMILES string of the molecule is CC(C)=O.COCC1CCC(COC(=O)c2ccccc2)CC1. The fraction of sp³-hybridized carbons (Fsp3) is 0.579. The third-order valence-electron chi connectivity index (χ3n) is 3.83. The maximum atomic E-state index is 11.8. The van der Waals surface area contributed by atoms with Crippen molar-refractivity contribution < 1.29 is 19.1 Å². The summed E-state index contributed by atoms with van der Waals surface area (Å²) in [5.74, 6) is 1.16. The molecule has 0 N–H and O–H groups in total. The molecule has 2 rings (SSSR count). The molecule has 1 aliphatic rings. The average Bonchev–Trinajstić information content (AvgIpc) is 2.54. The molecule has 4 nitrogen and oxygen atoms in total. The Morgan fingerprint density at radius 1 is 0.957 bits per heavy atom. The zero-order valence-electron chi connectivity index (χ0n) is 14.4. The van der Waals surface area contributed by atoms with Crippen LogP contribution in [0.25, 0.3) is 0 Å². The van der Waals surface area contributed by atoms with Crippen LogP contribution in [0.5, 0.6) is 0 Å². The van der Waals surface area contributed by atoms with Crippen LogP contribution in [0.2, 0.25) is 0 Å². The minimum absolute atomic E-state index is 0.167. The van der Waals surface area contributed by atoms with E-state index >= 15 is 0 Å². The number of carbonyl (C=O) groups excluding carboxylic acids is 2. The highest BCUT2D eigenvalue weighted by Crippen LogP contribution is 2.29. The molecular formula is C19H28O4. The van der Waals surface area contributed by atoms with E-state index in [1.807, 2.05) is 18.2 Å². The van der Waals surface area contributed by atoms with E-state index in [0.29, 0.717) is 24.0 Å². The number of ether oxygens (including phenoxy) is 2. The largest absolute Gasteiger partial charge is 0.462 e. The van der Waals surface area contributed by atoms with Gasteiger partial charge in [0.2, 0.25) is 0 Å². The van der Waals surface area contributed by atoms with Gasteiger partial charge in [0.05, 0.1) is 12.2 Å². The van der Waals surface area contributed by atoms with Crippen LogP contribution >= 0.6 is 0 Å². The van der Waals surface area contributed by atoms with Crippen molar-refractivity contribution in [2.45, 2.75) is 39.5 Å². The number of ketones is 1. The van der Waals surface area contributed by atoms with Gasteiger partial charge in [0.1, 0.15) is 5.78 Å². The molecule has 23 heavy (non-hydrogen) atoms. The number of hydrogen-bond donors (Lipinski definition) is 0. The minimum atomic E-state index is -0.209. The lowest BCUT2D eigenvalue weighted by Crippen LogP contribution is -2.22. The molecule has 0 bridgehead atoms. The van der Waals surface area contributed by atoms with Crippen LogP contribution in [0.15, 0.2) is 30.3 Å². The fourth-order valence-electron chi connectivity index (χ4n) is 2.65. The average molecular weight is 320 g/mol. The number of carbonyl (C=O) groups is 2. The first kappa shape index (κ1) is 19.4. The Kier molecular flexibility index (Phi) is 9.22. The number of Topliss-reactive ketones (excluding diaryl/α,β-unsaturated/α-hetero) is 1. The predicted molar refractivity (Wildman–Crippen MR) is 90.4 cm³/mol. The number of rotatable bonds is 5. The molecule has 128 valence electrons. The maximum absolute atomic E-state index is 11.8. The van der Waals surface area contributed by atoms with Crippen molar-refractivity contribution in [1.82, 2.24) is 0 Å². The van der Waals surface area contributed by atoms with Crippen LogP contribution < -0.4 is 0 Å². The van der Waals surface area contributed by atoms with Gasteiger partial charge < -0.3 is 14.3 Å². The lowest BCUT2D eigenvalue weighted by atomic mass is 9.83. The van der Waals surface area contributed by atoms with Crippen molar-refractivity contribution >= 4 is 11.8 Å². The molecule has 1 aromatic rings. The molecule has 1 saturated carbocycles. The molecular weight excluding hydrogens is 292 g/mol. The second-order valence-electron chi connectivity index (χ2n) is 6.21. The van der Waals surface area contributed by atoms with E-state index in [9.17, 15) is 9.59 Å². The van der Waals surface area contributed by atoms with Crippen molar-refractivity contribution in [2.24, 2.45) is 11.8 Å². The second kappa shape index (κ2) is 10.9. The van der Waals surface area contributed by atoms with Crippen LogP contribution in [-0.4, -0.2) is 32.1 Å². The molecule has 0 radical (unpaired) electrons. The lowest BCUT2D eigenvalue weighted by Gasteiger charge is -2.27. The van der Waals surface area contributed by atoms with Crippen LogP contribution in [0.1, 0.15) is 49.9 Å². The lowest BCUT2D eigenvalue weighted by molar-refractivity contribution is -0.115. The van der Waals surface area contributed by atoms with Gasteiger partial charge in [-0.25, -0.2) is 4.79 Å². The van der Waals surface area contributed by atoms with Crippen molar-refractivity contribution in [3.05, 3.63) is 35.9 Å². The van der Waals surface area contributed by atoms with E-state index in [-0.39, 0.29) is 11.8 Å². The van der Waals surface area contributed by atoms with E-state index in [1.165, 1.54) is 26.7 Å². The zero-order valence-corrected chi connectivity index (χ0v) is 14.4. The highest BCUT2D eigenvalue weighted by atomic mass is 16.5. The molecule has 0 aliphatic heterocycles. The molecule has 0 saturated heterocycles. The molecule has 0 heterocycles. The van der Waals surface area contributed by atoms with Gasteiger partial charge in [0, 0.05) is 13.7 Å². The van der Waals surface area contributed by atoms with Crippen molar-refractivity contribution in [2.75, 3.05) is 20.3 Å². The second-order valence-corrected chi connectivity index (χ2v) is 6.21. The summed E-state index contributed by atoms with van der Waals surface area (Å²) >= 11 is 0. The summed E-state index contributed by atoms with van der Waals surface area (Å²) in [5.41, 5.74) is 0.635. The van der Waals surface area contributed by atoms with Gasteiger partial charge in [0.15, 0.2) is 0 Å². The maximum Gasteiger partial charge on any atom is 0.338 e. The van der Waals surface area contributed by atoms with E-state index in [2.05, 4.69) is 0 Å². The Labute approximate surface area is 139 Å². The van der Waals surface area contributed by atoms with E-state index in [1.54, 1.807) is 19.2 Å². The van der Waals surface area contributed by atoms with Gasteiger partial charge >= 0.3 is 5.97 Å². The Bertz CT molecular complexity index is 458. The summed E-state index contributed by atoms with van der Waals surface area (Å²) < 4.78 is 10.6. The van der Waals surface area contributed by atoms with Gasteiger partial charge in [-0.2, -0.15) is 0 Å². The number of esters is 1. The quantitative estimate of drug-likeness (QED) is 0.772. The molecule has 1 fully saturated rings. The minimum Gasteiger partial charge on any atom is -0.462 e. The van der Waals surface area contributed by atoms with Gasteiger partial charge in [0.25, 0.3) is 0 Å². The highest BCUT2D eigenvalue weighted by molar-refractivity contribution is 5.89. The fourth-order valence-corrected chi connectivity index (χ4v) is 2.65. The first-order chi connectivity index (χ1) is 11.0. The molecule has 0 unspecified atom stereocenters. The van der Waals surface area contributed by atoms with Crippen LogP contribution in [0, 0.1) is 11.8 Å². The summed E-state index contributed by atoms with van der Waals surface area (Å²) in [6.45, 7) is 4.46. The summed E-state index contributed by atoms with van der Waals surface area (Å²) in [6, 6.07) is 9.18. The van der Waals surface area contributed by atoms with E-state index < -0.39 is 0 Å². The highest BCUT2D eigenvalue weighted by Gasteiger charge is 2.22. The van der Waals surface area contributed by atoms with Gasteiger partial charge in [-0.1, -0.05) is 18.2 Å². The predicted octanol–water partition coefficient (Wildman–Crippen LogP) is 3.89. The first-order valence-electron chi connectivity index (χ1n) is 8.21. The molecule has 1 aromatic carbocycles. The summed E-state index contributed by atoms with van der Waals surface area (Å²) in [7, 11) is 1.76. The first-order valence-corrected chi connectivity index (χ1v) is 8.21. The standard InChI is InChI=1S/C16H22O3.C3H6O/c1-18-11-13-7-9-14(10-8-13)12-19-16(17)15-5-3-2-4-6-15;1-3(2)4/h2-6,13-14H,7-12H2,1H3;1-2H3. The molecule has 0 spiro atoms. The molecule has 0 atom stereocenters. The van der Waals surface area contributed by atoms with Crippen molar-refractivity contribution in [3.8, 4) is 0 Å². The molecule has 1 aliphatic carbocycles. The summed E-state index contributed by atoms with van der Waals surface area (Å²) in [6.07, 6.45) is 4.63. The van der Waals surface area contributed by atoms with Crippen LogP contribution in [-0.2, 0) is 14.3 Å². The van der Waals surface area contributed by atoms with E-state index in [4.69, 9.17) is 9.47 Å². The van der Waals surface area contributed by atoms with Crippen LogP contribution in [0.3, 0.4) is 0 Å².